The van der Waals surface area contributed by atoms with Crippen molar-refractivity contribution in [3.05, 3.63) is 49.1 Å². The quantitative estimate of drug-likeness (QED) is 0.838. The lowest BCUT2D eigenvalue weighted by Crippen LogP contribution is -2.00. The van der Waals surface area contributed by atoms with Crippen molar-refractivity contribution in [2.45, 2.75) is 24.7 Å². The van der Waals surface area contributed by atoms with Gasteiger partial charge in [0.1, 0.15) is 11.9 Å². The summed E-state index contributed by atoms with van der Waals surface area (Å²) in [5, 5.41) is 10.8. The fourth-order valence-corrected chi connectivity index (χ4v) is 5.86. The van der Waals surface area contributed by atoms with E-state index in [0.29, 0.717) is 6.61 Å². The number of hydrogen-bond acceptors (Lipinski definition) is 4. The predicted molar refractivity (Wildman–Crippen MR) is 91.6 cm³/mol. The number of rotatable bonds is 2. The molecule has 0 spiro atoms. The van der Waals surface area contributed by atoms with Crippen LogP contribution in [0.2, 0.25) is 0 Å². The third kappa shape index (κ3) is 2.54. The number of aliphatic hydroxyl groups excluding tert-OH is 1. The van der Waals surface area contributed by atoms with Crippen molar-refractivity contribution in [1.82, 2.24) is 0 Å². The lowest BCUT2D eigenvalue weighted by atomic mass is 10.0. The van der Waals surface area contributed by atoms with Gasteiger partial charge < -0.3 is 9.84 Å². The fourth-order valence-electron chi connectivity index (χ4n) is 2.96. The normalized spacial score (nSPS) is 18.0. The lowest BCUT2D eigenvalue weighted by molar-refractivity contribution is 0.217. The van der Waals surface area contributed by atoms with E-state index < -0.39 is 6.10 Å². The highest BCUT2D eigenvalue weighted by atomic mass is 79.9. The molecule has 0 saturated carbocycles. The maximum atomic E-state index is 10.8. The molecule has 1 aromatic heterocycles. The van der Waals surface area contributed by atoms with Crippen molar-refractivity contribution in [2.24, 2.45) is 0 Å². The van der Waals surface area contributed by atoms with E-state index in [1.165, 1.54) is 21.8 Å². The number of aliphatic hydroxyl groups is 1. The first-order valence-corrected chi connectivity index (χ1v) is 9.81. The maximum absolute atomic E-state index is 10.8. The predicted octanol–water partition coefficient (Wildman–Crippen LogP) is 4.32. The maximum Gasteiger partial charge on any atom is 0.128 e. The summed E-state index contributed by atoms with van der Waals surface area (Å²) in [4.78, 5) is 2.48. The van der Waals surface area contributed by atoms with Gasteiger partial charge in [-0.25, -0.2) is 0 Å². The number of aryl methyl sites for hydroxylation is 1. The minimum Gasteiger partial charge on any atom is -0.493 e. The van der Waals surface area contributed by atoms with Crippen LogP contribution in [0.1, 0.15) is 32.5 Å². The summed E-state index contributed by atoms with van der Waals surface area (Å²) in [6.45, 7) is 0.711. The number of thiophene rings is 1. The number of ether oxygens (including phenoxy) is 1. The molecule has 2 aliphatic rings. The summed E-state index contributed by atoms with van der Waals surface area (Å²) in [6, 6.07) is 6.26. The Morgan fingerprint density at radius 3 is 2.95 bits per heavy atom. The molecule has 0 radical (unpaired) electrons. The van der Waals surface area contributed by atoms with Gasteiger partial charge in [0.05, 0.1) is 6.61 Å². The molecule has 1 unspecified atom stereocenters. The zero-order chi connectivity index (χ0) is 14.4. The molecule has 0 aliphatic carbocycles. The van der Waals surface area contributed by atoms with Gasteiger partial charge >= 0.3 is 0 Å². The van der Waals surface area contributed by atoms with E-state index in [2.05, 4.69) is 28.1 Å². The van der Waals surface area contributed by atoms with E-state index in [9.17, 15) is 5.11 Å². The van der Waals surface area contributed by atoms with Gasteiger partial charge in [-0.1, -0.05) is 15.9 Å². The number of fused-ring (bicyclic) bond motifs is 2. The van der Waals surface area contributed by atoms with Gasteiger partial charge in [0.2, 0.25) is 0 Å². The van der Waals surface area contributed by atoms with Gasteiger partial charge in [0, 0.05) is 32.0 Å². The zero-order valence-corrected chi connectivity index (χ0v) is 14.6. The largest absolute Gasteiger partial charge is 0.493 e. The van der Waals surface area contributed by atoms with Gasteiger partial charge in [-0.2, -0.15) is 11.8 Å². The van der Waals surface area contributed by atoms with Crippen molar-refractivity contribution in [2.75, 3.05) is 12.4 Å². The monoisotopic (exact) mass is 382 g/mol. The summed E-state index contributed by atoms with van der Waals surface area (Å²) >= 11 is 7.28. The van der Waals surface area contributed by atoms with E-state index in [1.807, 2.05) is 17.8 Å². The first kappa shape index (κ1) is 14.1. The van der Waals surface area contributed by atoms with Gasteiger partial charge in [-0.05, 0) is 41.5 Å². The molecule has 1 N–H and O–H groups in total. The molecular weight excluding hydrogens is 368 g/mol. The van der Waals surface area contributed by atoms with E-state index in [0.717, 1.165) is 39.3 Å². The molecule has 1 atom stereocenters. The summed E-state index contributed by atoms with van der Waals surface area (Å²) in [6.07, 6.45) is 1.46. The zero-order valence-electron chi connectivity index (χ0n) is 11.4. The van der Waals surface area contributed by atoms with Gasteiger partial charge in [-0.3, -0.25) is 0 Å². The number of thioether (sulfide) groups is 1. The Hall–Kier alpha value is -0.490. The molecule has 1 aromatic carbocycles. The Labute approximate surface area is 140 Å². The molecular formula is C16H15BrO2S2. The molecule has 0 fully saturated rings. The summed E-state index contributed by atoms with van der Waals surface area (Å²) in [7, 11) is 0. The minimum atomic E-state index is -0.588. The second-order valence-electron chi connectivity index (χ2n) is 5.38. The molecule has 110 valence electrons. The molecule has 5 heteroatoms. The van der Waals surface area contributed by atoms with Crippen molar-refractivity contribution < 1.29 is 9.84 Å². The van der Waals surface area contributed by atoms with E-state index in [-0.39, 0.29) is 0 Å². The highest BCUT2D eigenvalue weighted by Crippen LogP contribution is 2.42. The van der Waals surface area contributed by atoms with Gasteiger partial charge in [-0.15, -0.1) is 11.3 Å². The lowest BCUT2D eigenvalue weighted by Gasteiger charge is -2.14. The minimum absolute atomic E-state index is 0.588. The Kier molecular flexibility index (Phi) is 3.78. The third-order valence-electron chi connectivity index (χ3n) is 3.99. The summed E-state index contributed by atoms with van der Waals surface area (Å²) < 4.78 is 6.76. The SMILES string of the molecule is OC(c1cc2c(s1)CCSC2)c1cc(Br)cc2c1OCC2. The van der Waals surface area contributed by atoms with Crippen molar-refractivity contribution >= 4 is 39.0 Å². The average molecular weight is 383 g/mol. The van der Waals surface area contributed by atoms with Crippen LogP contribution in [-0.4, -0.2) is 17.5 Å². The molecule has 0 amide bonds. The van der Waals surface area contributed by atoms with Gasteiger partial charge in [0.15, 0.2) is 0 Å². The molecule has 2 aromatic rings. The number of benzene rings is 1. The highest BCUT2D eigenvalue weighted by molar-refractivity contribution is 9.10. The molecule has 2 nitrogen and oxygen atoms in total. The molecule has 3 heterocycles. The van der Waals surface area contributed by atoms with Crippen molar-refractivity contribution in [3.63, 3.8) is 0 Å². The molecule has 0 saturated heterocycles. The van der Waals surface area contributed by atoms with Crippen molar-refractivity contribution in [3.8, 4) is 5.75 Å². The van der Waals surface area contributed by atoms with Gasteiger partial charge in [0.25, 0.3) is 0 Å². The average Bonchev–Trinajstić information content (AvgIpc) is 3.11. The van der Waals surface area contributed by atoms with E-state index >= 15 is 0 Å². The second-order valence-corrected chi connectivity index (χ2v) is 8.57. The van der Waals surface area contributed by atoms with Crippen LogP contribution in [0, 0.1) is 0 Å². The van der Waals surface area contributed by atoms with Crippen molar-refractivity contribution in [1.29, 1.82) is 0 Å². The number of hydrogen-bond donors (Lipinski definition) is 1. The summed E-state index contributed by atoms with van der Waals surface area (Å²) in [5.74, 6) is 3.15. The van der Waals surface area contributed by atoms with Crippen LogP contribution in [0.3, 0.4) is 0 Å². The van der Waals surface area contributed by atoms with Crippen LogP contribution in [-0.2, 0) is 18.6 Å². The van der Waals surface area contributed by atoms with E-state index in [1.54, 1.807) is 11.3 Å². The Morgan fingerprint density at radius 2 is 2.10 bits per heavy atom. The Balaban J connectivity index is 1.75. The highest BCUT2D eigenvalue weighted by Gasteiger charge is 2.25. The van der Waals surface area contributed by atoms with Crippen LogP contribution in [0.25, 0.3) is 0 Å². The van der Waals surface area contributed by atoms with Crippen LogP contribution in [0.4, 0.5) is 0 Å². The molecule has 4 rings (SSSR count). The number of halogens is 1. The fraction of sp³-hybridized carbons (Fsp3) is 0.375. The first-order valence-electron chi connectivity index (χ1n) is 7.05. The summed E-state index contributed by atoms with van der Waals surface area (Å²) in [5.41, 5.74) is 3.48. The topological polar surface area (TPSA) is 29.5 Å². The molecule has 21 heavy (non-hydrogen) atoms. The van der Waals surface area contributed by atoms with Crippen LogP contribution in [0.15, 0.2) is 22.7 Å². The van der Waals surface area contributed by atoms with E-state index in [4.69, 9.17) is 4.74 Å². The second kappa shape index (κ2) is 5.61. The van der Waals surface area contributed by atoms with Crippen LogP contribution in [0.5, 0.6) is 5.75 Å². The third-order valence-corrected chi connectivity index (χ3v) is 6.74. The Bertz CT molecular complexity index is 672. The first-order chi connectivity index (χ1) is 10.2. The Morgan fingerprint density at radius 1 is 1.19 bits per heavy atom. The standard InChI is InChI=1S/C16H15BrO2S2/c17-11-5-9-1-3-19-16(9)12(7-11)15(18)14-6-10-8-20-4-2-13(10)21-14/h5-7,15,18H,1-4,8H2. The smallest absolute Gasteiger partial charge is 0.128 e. The molecule has 0 bridgehead atoms. The van der Waals surface area contributed by atoms with Crippen LogP contribution < -0.4 is 4.74 Å². The van der Waals surface area contributed by atoms with Crippen LogP contribution >= 0.6 is 39.0 Å². The molecule has 2 aliphatic heterocycles.